The molecule has 26 heavy (non-hydrogen) atoms. The second-order valence-electron chi connectivity index (χ2n) is 6.63. The molecule has 0 N–H and O–H groups in total. The number of imide groups is 1. The van der Waals surface area contributed by atoms with Gasteiger partial charge < -0.3 is 9.47 Å². The third kappa shape index (κ3) is 2.48. The van der Waals surface area contributed by atoms with Gasteiger partial charge in [-0.3, -0.25) is 9.59 Å². The number of carbonyl (C=O) groups is 2. The number of ether oxygens (including phenoxy) is 2. The zero-order valence-corrected chi connectivity index (χ0v) is 14.3. The van der Waals surface area contributed by atoms with Crippen LogP contribution in [0.15, 0.2) is 35.5 Å². The molecule has 2 fully saturated rings. The third-order valence-corrected chi connectivity index (χ3v) is 5.29. The molecule has 1 heterocycles. The van der Waals surface area contributed by atoms with Crippen LogP contribution < -0.4 is 9.47 Å². The molecule has 1 aliphatic heterocycles. The number of hydrogen-bond acceptors (Lipinski definition) is 5. The summed E-state index contributed by atoms with van der Waals surface area (Å²) in [6.07, 6.45) is 11.7. The van der Waals surface area contributed by atoms with Gasteiger partial charge in [0.2, 0.25) is 0 Å². The van der Waals surface area contributed by atoms with E-state index in [-0.39, 0.29) is 42.1 Å². The normalized spacial score (nSPS) is 28.7. The van der Waals surface area contributed by atoms with Crippen LogP contribution in [0.5, 0.6) is 11.5 Å². The molecule has 132 valence electrons. The Hall–Kier alpha value is -3.07. The maximum Gasteiger partial charge on any atom is 0.254 e. The van der Waals surface area contributed by atoms with Crippen molar-refractivity contribution in [3.8, 4) is 23.8 Å². The van der Waals surface area contributed by atoms with E-state index in [1.807, 2.05) is 0 Å². The molecule has 0 aromatic heterocycles. The first-order valence-electron chi connectivity index (χ1n) is 8.48. The highest BCUT2D eigenvalue weighted by Gasteiger charge is 2.59. The van der Waals surface area contributed by atoms with Crippen LogP contribution in [-0.2, 0) is 9.59 Å². The average Bonchev–Trinajstić information content (AvgIpc) is 3.33. The summed E-state index contributed by atoms with van der Waals surface area (Å²) < 4.78 is 10.7. The molecule has 1 aromatic carbocycles. The molecule has 2 bridgehead atoms. The SMILES string of the molecule is C#CCOc1ccc(OC)cc1/C=N\N1C(=O)[C@@H]2[C@@H](C1=O)[C@H]1C=C[C@H]2C1. The Kier molecular flexibility index (Phi) is 4.00. The van der Waals surface area contributed by atoms with Crippen molar-refractivity contribution in [1.29, 1.82) is 0 Å². The third-order valence-electron chi connectivity index (χ3n) is 5.29. The smallest absolute Gasteiger partial charge is 0.254 e. The van der Waals surface area contributed by atoms with Crippen molar-refractivity contribution in [2.24, 2.45) is 28.8 Å². The van der Waals surface area contributed by atoms with Crippen LogP contribution >= 0.6 is 0 Å². The fourth-order valence-electron chi connectivity index (χ4n) is 4.13. The molecule has 6 nitrogen and oxygen atoms in total. The van der Waals surface area contributed by atoms with Crippen LogP contribution in [0.1, 0.15) is 12.0 Å². The maximum absolute atomic E-state index is 12.7. The van der Waals surface area contributed by atoms with Gasteiger partial charge >= 0.3 is 0 Å². The van der Waals surface area contributed by atoms with E-state index < -0.39 is 0 Å². The Morgan fingerprint density at radius 2 is 1.96 bits per heavy atom. The summed E-state index contributed by atoms with van der Waals surface area (Å²) in [6.45, 7) is 0.105. The van der Waals surface area contributed by atoms with Crippen molar-refractivity contribution < 1.29 is 19.1 Å². The van der Waals surface area contributed by atoms with Crippen LogP contribution in [0.2, 0.25) is 0 Å². The second-order valence-corrected chi connectivity index (χ2v) is 6.63. The van der Waals surface area contributed by atoms with E-state index in [4.69, 9.17) is 15.9 Å². The van der Waals surface area contributed by atoms with Gasteiger partial charge in [0.05, 0.1) is 25.2 Å². The zero-order chi connectivity index (χ0) is 18.3. The van der Waals surface area contributed by atoms with Crippen molar-refractivity contribution in [3.63, 3.8) is 0 Å². The Morgan fingerprint density at radius 3 is 2.58 bits per heavy atom. The van der Waals surface area contributed by atoms with Gasteiger partial charge in [-0.05, 0) is 36.5 Å². The highest BCUT2D eigenvalue weighted by Crippen LogP contribution is 2.52. The molecule has 0 spiro atoms. The number of carbonyl (C=O) groups excluding carboxylic acids is 2. The number of hydrazone groups is 1. The summed E-state index contributed by atoms with van der Waals surface area (Å²) in [6, 6.07) is 5.17. The largest absolute Gasteiger partial charge is 0.497 e. The highest BCUT2D eigenvalue weighted by molar-refractivity contribution is 6.06. The monoisotopic (exact) mass is 350 g/mol. The number of terminal acetylenes is 1. The molecule has 6 heteroatoms. The van der Waals surface area contributed by atoms with Crippen molar-refractivity contribution in [2.75, 3.05) is 13.7 Å². The minimum absolute atomic E-state index is 0.105. The molecule has 1 saturated heterocycles. The van der Waals surface area contributed by atoms with Gasteiger partial charge in [-0.2, -0.15) is 10.1 Å². The summed E-state index contributed by atoms with van der Waals surface area (Å²) in [5.74, 6) is 2.87. The average molecular weight is 350 g/mol. The number of benzene rings is 1. The fourth-order valence-corrected chi connectivity index (χ4v) is 4.13. The van der Waals surface area contributed by atoms with E-state index in [0.29, 0.717) is 17.1 Å². The standard InChI is InChI=1S/C20H18N2O4/c1-3-8-26-16-7-6-15(25-2)10-14(16)11-21-22-19(23)17-12-4-5-13(9-12)18(17)20(22)24/h1,4-7,10-13,17-18H,8-9H2,2H3/b21-11-/t12-,13-,17-,18-/m0/s1. The number of nitrogens with zero attached hydrogens (tertiary/aromatic N) is 2. The van der Waals surface area contributed by atoms with E-state index in [9.17, 15) is 9.59 Å². The summed E-state index contributed by atoms with van der Waals surface area (Å²) in [4.78, 5) is 25.3. The minimum Gasteiger partial charge on any atom is -0.497 e. The highest BCUT2D eigenvalue weighted by atomic mass is 16.5. The fraction of sp³-hybridized carbons (Fsp3) is 0.350. The topological polar surface area (TPSA) is 68.2 Å². The van der Waals surface area contributed by atoms with E-state index >= 15 is 0 Å². The summed E-state index contributed by atoms with van der Waals surface area (Å²) in [5.41, 5.74) is 0.582. The minimum atomic E-state index is -0.267. The van der Waals surface area contributed by atoms with Gasteiger partial charge in [0.1, 0.15) is 18.1 Å². The lowest BCUT2D eigenvalue weighted by Gasteiger charge is -2.13. The lowest BCUT2D eigenvalue weighted by Crippen LogP contribution is -2.28. The first kappa shape index (κ1) is 16.4. The van der Waals surface area contributed by atoms with Gasteiger partial charge in [0.15, 0.2) is 0 Å². The molecule has 0 unspecified atom stereocenters. The van der Waals surface area contributed by atoms with Gasteiger partial charge in [-0.15, -0.1) is 6.42 Å². The summed E-state index contributed by atoms with van der Waals surface area (Å²) in [5, 5.41) is 5.18. The lowest BCUT2D eigenvalue weighted by atomic mass is 9.85. The molecule has 3 aliphatic rings. The number of hydrogen-bond donors (Lipinski definition) is 0. The Morgan fingerprint density at radius 1 is 1.27 bits per heavy atom. The molecule has 1 aromatic rings. The van der Waals surface area contributed by atoms with Crippen LogP contribution in [0.3, 0.4) is 0 Å². The first-order chi connectivity index (χ1) is 12.6. The Labute approximate surface area is 151 Å². The number of allylic oxidation sites excluding steroid dienone is 2. The van der Waals surface area contributed by atoms with Crippen molar-refractivity contribution >= 4 is 18.0 Å². The zero-order valence-electron chi connectivity index (χ0n) is 14.3. The quantitative estimate of drug-likeness (QED) is 0.352. The van der Waals surface area contributed by atoms with Gasteiger partial charge in [0, 0.05) is 5.56 Å². The molecule has 4 rings (SSSR count). The molecule has 0 radical (unpaired) electrons. The molecular formula is C20H18N2O4. The number of amides is 2. The molecule has 4 atom stereocenters. The van der Waals surface area contributed by atoms with Gasteiger partial charge in [0.25, 0.3) is 11.8 Å². The van der Waals surface area contributed by atoms with Crippen LogP contribution in [0, 0.1) is 36.0 Å². The number of methoxy groups -OCH3 is 1. The predicted octanol–water partition coefficient (Wildman–Crippen LogP) is 1.85. The van der Waals surface area contributed by atoms with Crippen molar-refractivity contribution in [2.45, 2.75) is 6.42 Å². The predicted molar refractivity (Wildman–Crippen MR) is 94.5 cm³/mol. The Bertz CT molecular complexity index is 837. The Balaban J connectivity index is 1.60. The number of fused-ring (bicyclic) bond motifs is 5. The molecule has 2 aliphatic carbocycles. The molecular weight excluding hydrogens is 332 g/mol. The maximum atomic E-state index is 12.7. The molecule has 2 amide bonds. The second kappa shape index (κ2) is 6.34. The van der Waals surface area contributed by atoms with Crippen molar-refractivity contribution in [3.05, 3.63) is 35.9 Å². The molecule has 1 saturated carbocycles. The van der Waals surface area contributed by atoms with Crippen LogP contribution in [0.25, 0.3) is 0 Å². The van der Waals surface area contributed by atoms with Gasteiger partial charge in [-0.1, -0.05) is 18.1 Å². The van der Waals surface area contributed by atoms with E-state index in [1.165, 1.54) is 6.21 Å². The van der Waals surface area contributed by atoms with Crippen LogP contribution in [-0.4, -0.2) is 36.8 Å². The summed E-state index contributed by atoms with van der Waals surface area (Å²) >= 11 is 0. The number of rotatable bonds is 5. The van der Waals surface area contributed by atoms with Crippen LogP contribution in [0.4, 0.5) is 0 Å². The van der Waals surface area contributed by atoms with E-state index in [1.54, 1.807) is 25.3 Å². The van der Waals surface area contributed by atoms with Gasteiger partial charge in [-0.25, -0.2) is 0 Å². The van der Waals surface area contributed by atoms with Crippen molar-refractivity contribution in [1.82, 2.24) is 5.01 Å². The first-order valence-corrected chi connectivity index (χ1v) is 8.48. The van der Waals surface area contributed by atoms with E-state index in [2.05, 4.69) is 23.2 Å². The summed E-state index contributed by atoms with van der Waals surface area (Å²) in [7, 11) is 1.55. The van der Waals surface area contributed by atoms with E-state index in [0.717, 1.165) is 11.4 Å². The lowest BCUT2D eigenvalue weighted by molar-refractivity contribution is -0.140.